The summed E-state index contributed by atoms with van der Waals surface area (Å²) < 4.78 is 72.5. The highest BCUT2D eigenvalue weighted by molar-refractivity contribution is 7.52. The molecule has 1 saturated heterocycles. The number of para-hydroxylation sites is 1. The number of methoxy groups -OCH3 is 1. The fourth-order valence-electron chi connectivity index (χ4n) is 3.89. The summed E-state index contributed by atoms with van der Waals surface area (Å²) in [6.07, 6.45) is -11.3. The summed E-state index contributed by atoms with van der Waals surface area (Å²) in [5.74, 6) is -3.51. The zero-order valence-corrected chi connectivity index (χ0v) is 25.2. The van der Waals surface area contributed by atoms with Gasteiger partial charge in [-0.15, -0.1) is 0 Å². The minimum Gasteiger partial charge on any atom is -0.462 e. The van der Waals surface area contributed by atoms with Gasteiger partial charge in [0.2, 0.25) is 6.29 Å². The van der Waals surface area contributed by atoms with Crippen molar-refractivity contribution in [3.05, 3.63) is 30.3 Å². The zero-order valence-electron chi connectivity index (χ0n) is 24.3. The predicted octanol–water partition coefficient (Wildman–Crippen LogP) is 2.62. The number of nitrogens with one attached hydrogen (secondary N) is 1. The third-order valence-electron chi connectivity index (χ3n) is 5.39. The molecule has 1 fully saturated rings. The van der Waals surface area contributed by atoms with Crippen molar-refractivity contribution in [2.24, 2.45) is 0 Å². The molecule has 236 valence electrons. The molecule has 0 aliphatic carbocycles. The van der Waals surface area contributed by atoms with E-state index in [1.807, 2.05) is 0 Å². The Morgan fingerprint density at radius 2 is 1.48 bits per heavy atom. The molecule has 1 aliphatic rings. The van der Waals surface area contributed by atoms with Crippen molar-refractivity contribution >= 4 is 31.6 Å². The monoisotopic (exact) mass is 621 g/mol. The van der Waals surface area contributed by atoms with Gasteiger partial charge in [-0.3, -0.25) is 23.7 Å². The summed E-state index contributed by atoms with van der Waals surface area (Å²) in [6, 6.07) is 6.42. The Morgan fingerprint density at radius 1 is 0.929 bits per heavy atom. The van der Waals surface area contributed by atoms with E-state index >= 15 is 4.39 Å². The maximum Gasteiger partial charge on any atom is 0.461 e. The lowest BCUT2D eigenvalue weighted by Gasteiger charge is -2.45. The number of esters is 4. The topological polar surface area (TPSA) is 171 Å². The smallest absolute Gasteiger partial charge is 0.461 e. The predicted molar refractivity (Wildman–Crippen MR) is 142 cm³/mol. The molecule has 0 amide bonds. The highest BCUT2D eigenvalue weighted by atomic mass is 31.2. The molecule has 0 bridgehead atoms. The van der Waals surface area contributed by atoms with E-state index in [-0.39, 0.29) is 5.75 Å². The summed E-state index contributed by atoms with van der Waals surface area (Å²) in [4.78, 5) is 48.7. The number of carbonyl (C=O) groups excluding carboxylic acids is 4. The largest absolute Gasteiger partial charge is 0.462 e. The van der Waals surface area contributed by atoms with Gasteiger partial charge < -0.3 is 32.9 Å². The average Bonchev–Trinajstić information content (AvgIpc) is 2.86. The maximum absolute atomic E-state index is 15.4. The molecule has 1 N–H and O–H groups in total. The van der Waals surface area contributed by atoms with E-state index in [2.05, 4.69) is 5.09 Å². The standard InChI is InChI=1S/C26H37FNO13P/c1-14(2)35-25(32)15(3)28-42(33,40-19-11-9-8-10-12-19)41-26-24(38-18(6)31)23(37-17(5)30)22(36-16(4)29)21(39-26)20(27)13-34-7/h8-12,14-15,20-24,26H,13H2,1-7H3,(H,28,33)/t15-,20-,21?,22+,23?,24+,26-,42-/m0/s1. The van der Waals surface area contributed by atoms with E-state index in [9.17, 15) is 23.7 Å². The fourth-order valence-corrected chi connectivity index (χ4v) is 5.47. The molecule has 1 aliphatic heterocycles. The summed E-state index contributed by atoms with van der Waals surface area (Å²) in [7, 11) is -3.49. The third kappa shape index (κ3) is 10.6. The van der Waals surface area contributed by atoms with Crippen LogP contribution in [0, 0.1) is 0 Å². The maximum atomic E-state index is 15.4. The Morgan fingerprint density at radius 3 is 2.00 bits per heavy atom. The Hall–Kier alpha value is -3.10. The minimum absolute atomic E-state index is 0.0335. The van der Waals surface area contributed by atoms with Crippen molar-refractivity contribution in [1.82, 2.24) is 5.09 Å². The second-order valence-corrected chi connectivity index (χ2v) is 11.2. The molecule has 1 heterocycles. The van der Waals surface area contributed by atoms with E-state index in [0.717, 1.165) is 20.8 Å². The van der Waals surface area contributed by atoms with E-state index < -0.39 is 87.3 Å². The highest BCUT2D eigenvalue weighted by Crippen LogP contribution is 2.48. The van der Waals surface area contributed by atoms with Gasteiger partial charge in [-0.05, 0) is 32.9 Å². The lowest BCUT2D eigenvalue weighted by atomic mass is 9.95. The lowest BCUT2D eigenvalue weighted by molar-refractivity contribution is -0.295. The van der Waals surface area contributed by atoms with Gasteiger partial charge in [0.15, 0.2) is 24.5 Å². The molecule has 0 radical (unpaired) electrons. The van der Waals surface area contributed by atoms with Crippen molar-refractivity contribution in [2.75, 3.05) is 13.7 Å². The number of ether oxygens (including phenoxy) is 6. The van der Waals surface area contributed by atoms with Crippen LogP contribution < -0.4 is 9.61 Å². The minimum atomic E-state index is -4.69. The van der Waals surface area contributed by atoms with Gasteiger partial charge in [0, 0.05) is 27.9 Å². The van der Waals surface area contributed by atoms with E-state index in [1.54, 1.807) is 32.0 Å². The first-order valence-electron chi connectivity index (χ1n) is 13.0. The zero-order chi connectivity index (χ0) is 31.6. The van der Waals surface area contributed by atoms with Crippen molar-refractivity contribution in [3.8, 4) is 5.75 Å². The molecular weight excluding hydrogens is 584 g/mol. The molecule has 0 saturated carbocycles. The Kier molecular flexibility index (Phi) is 13.3. The van der Waals surface area contributed by atoms with Crippen LogP contribution in [0.5, 0.6) is 5.75 Å². The first-order valence-corrected chi connectivity index (χ1v) is 14.5. The Bertz CT molecular complexity index is 1120. The van der Waals surface area contributed by atoms with Gasteiger partial charge in [-0.2, -0.15) is 5.09 Å². The molecule has 1 aromatic rings. The van der Waals surface area contributed by atoms with Gasteiger partial charge in [-0.1, -0.05) is 18.2 Å². The molecule has 8 atom stereocenters. The van der Waals surface area contributed by atoms with Crippen LogP contribution in [-0.4, -0.2) is 86.6 Å². The van der Waals surface area contributed by atoms with Gasteiger partial charge in [0.25, 0.3) is 0 Å². The van der Waals surface area contributed by atoms with Crippen molar-refractivity contribution in [2.45, 2.75) is 90.6 Å². The Balaban J connectivity index is 2.60. The van der Waals surface area contributed by atoms with Crippen LogP contribution >= 0.6 is 7.75 Å². The summed E-state index contributed by atoms with van der Waals surface area (Å²) in [5, 5.41) is 2.44. The lowest BCUT2D eigenvalue weighted by Crippen LogP contribution is -2.64. The molecular formula is C26H37FNO13P. The van der Waals surface area contributed by atoms with Gasteiger partial charge >= 0.3 is 31.6 Å². The number of alkyl halides is 1. The molecule has 14 nitrogen and oxygen atoms in total. The van der Waals surface area contributed by atoms with E-state index in [0.29, 0.717) is 0 Å². The van der Waals surface area contributed by atoms with Crippen molar-refractivity contribution in [3.63, 3.8) is 0 Å². The first-order chi connectivity index (χ1) is 19.7. The number of benzene rings is 1. The van der Waals surface area contributed by atoms with Crippen LogP contribution in [0.1, 0.15) is 41.5 Å². The van der Waals surface area contributed by atoms with Crippen LogP contribution in [0.15, 0.2) is 30.3 Å². The fraction of sp³-hybridized carbons (Fsp3) is 0.615. The number of halogens is 1. The average molecular weight is 622 g/mol. The molecule has 0 spiro atoms. The summed E-state index contributed by atoms with van der Waals surface area (Å²) in [5.41, 5.74) is 0. The molecule has 16 heteroatoms. The number of carbonyl (C=O) groups is 4. The number of hydrogen-bond donors (Lipinski definition) is 1. The van der Waals surface area contributed by atoms with Crippen LogP contribution in [-0.2, 0) is 56.7 Å². The second-order valence-electron chi connectivity index (χ2n) is 9.51. The van der Waals surface area contributed by atoms with Crippen LogP contribution in [0.25, 0.3) is 0 Å². The molecule has 2 rings (SSSR count). The Labute approximate surface area is 243 Å². The molecule has 2 unspecified atom stereocenters. The van der Waals surface area contributed by atoms with Crippen molar-refractivity contribution < 1.29 is 65.6 Å². The van der Waals surface area contributed by atoms with Gasteiger partial charge in [0.1, 0.15) is 17.9 Å². The quantitative estimate of drug-likeness (QED) is 0.183. The van der Waals surface area contributed by atoms with Crippen LogP contribution in [0.3, 0.4) is 0 Å². The first kappa shape index (κ1) is 35.1. The SMILES string of the molecule is COC[C@H](F)C1O[C@@H](O[P@](=O)(N[C@@H](C)C(=O)OC(C)C)Oc2ccccc2)[C@H](OC(C)=O)C(OC(C)=O)[C@@H]1OC(C)=O. The van der Waals surface area contributed by atoms with E-state index in [1.165, 1.54) is 26.2 Å². The molecule has 1 aromatic carbocycles. The number of rotatable bonds is 14. The number of hydrogen-bond acceptors (Lipinski definition) is 13. The van der Waals surface area contributed by atoms with Crippen LogP contribution in [0.4, 0.5) is 4.39 Å². The third-order valence-corrected chi connectivity index (χ3v) is 7.03. The van der Waals surface area contributed by atoms with Crippen molar-refractivity contribution in [1.29, 1.82) is 0 Å². The van der Waals surface area contributed by atoms with Gasteiger partial charge in [-0.25, -0.2) is 8.96 Å². The summed E-state index contributed by atoms with van der Waals surface area (Å²) >= 11 is 0. The van der Waals surface area contributed by atoms with E-state index in [4.69, 9.17) is 37.5 Å². The second kappa shape index (κ2) is 15.9. The summed E-state index contributed by atoms with van der Waals surface area (Å²) in [6.45, 7) is 7.06. The van der Waals surface area contributed by atoms with Gasteiger partial charge in [0.05, 0.1) is 12.7 Å². The normalized spacial score (nSPS) is 24.9. The van der Waals surface area contributed by atoms with Crippen LogP contribution in [0.2, 0.25) is 0 Å². The molecule has 42 heavy (non-hydrogen) atoms. The highest BCUT2D eigenvalue weighted by Gasteiger charge is 2.56. The molecule has 0 aromatic heterocycles.